The molecule has 2 heterocycles. The quantitative estimate of drug-likeness (QED) is 0.706. The van der Waals surface area contributed by atoms with Crippen molar-refractivity contribution in [2.24, 2.45) is 5.92 Å². The van der Waals surface area contributed by atoms with E-state index in [0.717, 1.165) is 24.2 Å². The molecule has 3 nitrogen and oxygen atoms in total. The Morgan fingerprint density at radius 1 is 1.69 bits per heavy atom. The maximum atomic E-state index is 11.4. The van der Waals surface area contributed by atoms with E-state index in [-0.39, 0.29) is 11.8 Å². The highest BCUT2D eigenvalue weighted by molar-refractivity contribution is 5.94. The molecule has 0 saturated carbocycles. The Morgan fingerprint density at radius 3 is 3.31 bits per heavy atom. The van der Waals surface area contributed by atoms with Crippen molar-refractivity contribution in [2.75, 3.05) is 5.32 Å². The van der Waals surface area contributed by atoms with Gasteiger partial charge in [-0.15, -0.1) is 0 Å². The summed E-state index contributed by atoms with van der Waals surface area (Å²) in [6, 6.07) is 3.92. The highest BCUT2D eigenvalue weighted by atomic mass is 16.2. The van der Waals surface area contributed by atoms with Crippen LogP contribution in [0.5, 0.6) is 0 Å². The number of aromatic nitrogens is 1. The molecule has 1 aliphatic rings. The van der Waals surface area contributed by atoms with Crippen LogP contribution in [0, 0.1) is 5.92 Å². The number of hydrogen-bond donors (Lipinski definition) is 1. The number of anilines is 1. The highest BCUT2D eigenvalue weighted by Crippen LogP contribution is 2.24. The number of pyridine rings is 1. The Labute approximate surface area is 77.2 Å². The lowest BCUT2D eigenvalue weighted by molar-refractivity contribution is -0.120. The van der Waals surface area contributed by atoms with Gasteiger partial charge in [-0.1, -0.05) is 13.0 Å². The molecule has 0 fully saturated rings. The lowest BCUT2D eigenvalue weighted by atomic mass is 9.93. The Morgan fingerprint density at radius 2 is 2.54 bits per heavy atom. The number of hydrogen-bond acceptors (Lipinski definition) is 2. The minimum absolute atomic E-state index is 0.105. The number of nitrogens with zero attached hydrogens (tertiary/aromatic N) is 1. The molecule has 0 aliphatic carbocycles. The monoisotopic (exact) mass is 176 g/mol. The summed E-state index contributed by atoms with van der Waals surface area (Å²) < 4.78 is 0. The zero-order valence-electron chi connectivity index (χ0n) is 7.58. The van der Waals surface area contributed by atoms with Crippen molar-refractivity contribution in [3.05, 3.63) is 23.9 Å². The largest absolute Gasteiger partial charge is 0.310 e. The second-order valence-electron chi connectivity index (χ2n) is 3.31. The molecule has 1 unspecified atom stereocenters. The molecule has 13 heavy (non-hydrogen) atoms. The highest BCUT2D eigenvalue weighted by Gasteiger charge is 2.24. The molecular formula is C10H12N2O. The maximum absolute atomic E-state index is 11.4. The van der Waals surface area contributed by atoms with E-state index >= 15 is 0 Å². The molecule has 0 spiro atoms. The van der Waals surface area contributed by atoms with Crippen LogP contribution in [0.3, 0.4) is 0 Å². The average molecular weight is 176 g/mol. The van der Waals surface area contributed by atoms with E-state index < -0.39 is 0 Å². The first-order chi connectivity index (χ1) is 6.31. The molecule has 0 bridgehead atoms. The van der Waals surface area contributed by atoms with E-state index in [2.05, 4.69) is 10.3 Å². The second-order valence-corrected chi connectivity index (χ2v) is 3.31. The number of amides is 1. The van der Waals surface area contributed by atoms with Gasteiger partial charge < -0.3 is 5.32 Å². The van der Waals surface area contributed by atoms with Gasteiger partial charge in [0, 0.05) is 12.1 Å². The zero-order chi connectivity index (χ0) is 9.26. The van der Waals surface area contributed by atoms with Crippen molar-refractivity contribution in [1.29, 1.82) is 0 Å². The van der Waals surface area contributed by atoms with Crippen LogP contribution in [0.25, 0.3) is 0 Å². The summed E-state index contributed by atoms with van der Waals surface area (Å²) in [5.41, 5.74) is 1.15. The molecule has 0 radical (unpaired) electrons. The van der Waals surface area contributed by atoms with Gasteiger partial charge in [0.25, 0.3) is 0 Å². The summed E-state index contributed by atoms with van der Waals surface area (Å²) in [5.74, 6) is 0.961. The molecule has 2 rings (SSSR count). The van der Waals surface area contributed by atoms with Crippen LogP contribution in [-0.4, -0.2) is 10.9 Å². The first-order valence-electron chi connectivity index (χ1n) is 4.56. The second kappa shape index (κ2) is 3.17. The fourth-order valence-electron chi connectivity index (χ4n) is 1.62. The van der Waals surface area contributed by atoms with Crippen LogP contribution >= 0.6 is 0 Å². The van der Waals surface area contributed by atoms with E-state index in [0.29, 0.717) is 0 Å². The van der Waals surface area contributed by atoms with E-state index in [4.69, 9.17) is 0 Å². The van der Waals surface area contributed by atoms with Crippen LogP contribution in [0.4, 0.5) is 5.82 Å². The first-order valence-corrected chi connectivity index (χ1v) is 4.56. The van der Waals surface area contributed by atoms with Gasteiger partial charge in [-0.25, -0.2) is 4.98 Å². The molecule has 1 N–H and O–H groups in total. The van der Waals surface area contributed by atoms with Crippen molar-refractivity contribution in [2.45, 2.75) is 19.8 Å². The molecular weight excluding hydrogens is 164 g/mol. The Hall–Kier alpha value is -1.38. The molecule has 3 heteroatoms. The van der Waals surface area contributed by atoms with Crippen LogP contribution in [0.15, 0.2) is 18.3 Å². The molecule has 1 amide bonds. The lowest BCUT2D eigenvalue weighted by Gasteiger charge is -2.22. The number of carbonyl (C=O) groups excluding carboxylic acids is 1. The Balaban J connectivity index is 2.33. The smallest absolute Gasteiger partial charge is 0.228 e. The van der Waals surface area contributed by atoms with E-state index in [1.807, 2.05) is 19.1 Å². The Kier molecular flexibility index (Phi) is 2.00. The first kappa shape index (κ1) is 8.23. The molecule has 68 valence electrons. The summed E-state index contributed by atoms with van der Waals surface area (Å²) >= 11 is 0. The van der Waals surface area contributed by atoms with E-state index in [1.165, 1.54) is 0 Å². The van der Waals surface area contributed by atoms with Crippen molar-refractivity contribution in [3.8, 4) is 0 Å². The molecule has 1 aromatic rings. The van der Waals surface area contributed by atoms with Crippen LogP contribution in [0.1, 0.15) is 18.9 Å². The zero-order valence-corrected chi connectivity index (χ0v) is 7.58. The summed E-state index contributed by atoms with van der Waals surface area (Å²) in [6.45, 7) is 2.03. The van der Waals surface area contributed by atoms with Crippen LogP contribution in [0.2, 0.25) is 0 Å². The van der Waals surface area contributed by atoms with Gasteiger partial charge in [0.2, 0.25) is 5.91 Å². The topological polar surface area (TPSA) is 42.0 Å². The third-order valence-electron chi connectivity index (χ3n) is 2.46. The fourth-order valence-corrected chi connectivity index (χ4v) is 1.62. The number of rotatable bonds is 1. The SMILES string of the molecule is CCC1Cc2cccnc2NC1=O. The standard InChI is InChI=1S/C10H12N2O/c1-2-7-6-8-4-3-5-11-9(8)12-10(7)13/h3-5,7H,2,6H2,1H3,(H,11,12,13). The van der Waals surface area contributed by atoms with Crippen molar-refractivity contribution in [1.82, 2.24) is 4.98 Å². The normalized spacial score (nSPS) is 20.7. The maximum Gasteiger partial charge on any atom is 0.228 e. The summed E-state index contributed by atoms with van der Waals surface area (Å²) in [7, 11) is 0. The van der Waals surface area contributed by atoms with Crippen molar-refractivity contribution >= 4 is 11.7 Å². The number of carbonyl (C=O) groups is 1. The van der Waals surface area contributed by atoms with Crippen LogP contribution in [-0.2, 0) is 11.2 Å². The predicted octanol–water partition coefficient (Wildman–Crippen LogP) is 1.60. The van der Waals surface area contributed by atoms with Crippen LogP contribution < -0.4 is 5.32 Å². The molecule has 1 aromatic heterocycles. The van der Waals surface area contributed by atoms with Gasteiger partial charge in [-0.2, -0.15) is 0 Å². The molecule has 1 atom stereocenters. The van der Waals surface area contributed by atoms with E-state index in [9.17, 15) is 4.79 Å². The van der Waals surface area contributed by atoms with Crippen molar-refractivity contribution < 1.29 is 4.79 Å². The number of nitrogens with one attached hydrogen (secondary N) is 1. The van der Waals surface area contributed by atoms with Gasteiger partial charge >= 0.3 is 0 Å². The summed E-state index contributed by atoms with van der Waals surface area (Å²) in [4.78, 5) is 15.5. The fraction of sp³-hybridized carbons (Fsp3) is 0.400. The third-order valence-corrected chi connectivity index (χ3v) is 2.46. The lowest BCUT2D eigenvalue weighted by Crippen LogP contribution is -2.29. The van der Waals surface area contributed by atoms with Gasteiger partial charge in [-0.05, 0) is 24.5 Å². The van der Waals surface area contributed by atoms with E-state index in [1.54, 1.807) is 6.20 Å². The minimum Gasteiger partial charge on any atom is -0.310 e. The molecule has 0 saturated heterocycles. The number of fused-ring (bicyclic) bond motifs is 1. The third kappa shape index (κ3) is 1.41. The van der Waals surface area contributed by atoms with Crippen molar-refractivity contribution in [3.63, 3.8) is 0 Å². The summed E-state index contributed by atoms with van der Waals surface area (Å²) in [5, 5.41) is 2.81. The molecule has 0 aromatic carbocycles. The van der Waals surface area contributed by atoms with Gasteiger partial charge in [0.1, 0.15) is 5.82 Å². The molecule has 1 aliphatic heterocycles. The summed E-state index contributed by atoms with van der Waals surface area (Å²) in [6.07, 6.45) is 3.41. The van der Waals surface area contributed by atoms with Gasteiger partial charge in [-0.3, -0.25) is 4.79 Å². The minimum atomic E-state index is 0.105. The Bertz CT molecular complexity index is 335. The van der Waals surface area contributed by atoms with Gasteiger partial charge in [0.15, 0.2) is 0 Å². The predicted molar refractivity (Wildman–Crippen MR) is 50.4 cm³/mol. The van der Waals surface area contributed by atoms with Gasteiger partial charge in [0.05, 0.1) is 0 Å². The average Bonchev–Trinajstić information content (AvgIpc) is 2.17.